The molecular formula is C23H26N4OS. The summed E-state index contributed by atoms with van der Waals surface area (Å²) in [7, 11) is 0. The summed E-state index contributed by atoms with van der Waals surface area (Å²) in [5, 5.41) is 14.7. The molecule has 3 aromatic rings. The van der Waals surface area contributed by atoms with Gasteiger partial charge < -0.3 is 19.9 Å². The average Bonchev–Trinajstić information content (AvgIpc) is 3.19. The van der Waals surface area contributed by atoms with Crippen molar-refractivity contribution in [3.63, 3.8) is 0 Å². The van der Waals surface area contributed by atoms with E-state index in [1.54, 1.807) is 6.07 Å². The first-order valence-corrected chi connectivity index (χ1v) is 10.3. The Bertz CT molecular complexity index is 1040. The van der Waals surface area contributed by atoms with Gasteiger partial charge in [-0.25, -0.2) is 0 Å². The zero-order valence-electron chi connectivity index (χ0n) is 17.1. The molecule has 0 radical (unpaired) electrons. The van der Waals surface area contributed by atoms with Crippen LogP contribution in [0.1, 0.15) is 48.6 Å². The highest BCUT2D eigenvalue weighted by molar-refractivity contribution is 7.80. The lowest BCUT2D eigenvalue weighted by Crippen LogP contribution is -2.35. The Labute approximate surface area is 177 Å². The number of hydrogen-bond donors (Lipinski definition) is 2. The number of benzene rings is 1. The van der Waals surface area contributed by atoms with E-state index in [4.69, 9.17) is 12.2 Å². The normalized spacial score (nSPS) is 19.1. The van der Waals surface area contributed by atoms with E-state index in [2.05, 4.69) is 53.5 Å². The minimum absolute atomic E-state index is 0.0169. The minimum Gasteiger partial charge on any atom is -0.506 e. The van der Waals surface area contributed by atoms with E-state index in [9.17, 15) is 5.11 Å². The molecule has 0 saturated carbocycles. The van der Waals surface area contributed by atoms with E-state index in [0.29, 0.717) is 0 Å². The van der Waals surface area contributed by atoms with Crippen LogP contribution in [0.5, 0.6) is 5.75 Å². The molecule has 0 amide bonds. The molecule has 1 aliphatic heterocycles. The van der Waals surface area contributed by atoms with E-state index in [0.717, 1.165) is 27.9 Å². The summed E-state index contributed by atoms with van der Waals surface area (Å²) in [6.45, 7) is 8.48. The Hall–Kier alpha value is -2.86. The molecule has 1 aliphatic rings. The van der Waals surface area contributed by atoms with Gasteiger partial charge in [-0.2, -0.15) is 0 Å². The van der Waals surface area contributed by atoms with Crippen LogP contribution < -0.4 is 5.32 Å². The molecule has 2 N–H and O–H groups in total. The predicted molar refractivity (Wildman–Crippen MR) is 119 cm³/mol. The third kappa shape index (κ3) is 3.27. The van der Waals surface area contributed by atoms with Crippen LogP contribution in [-0.4, -0.2) is 30.7 Å². The number of pyridine rings is 1. The molecule has 1 fully saturated rings. The van der Waals surface area contributed by atoms with Gasteiger partial charge in [-0.05, 0) is 75.8 Å². The van der Waals surface area contributed by atoms with E-state index in [1.807, 2.05) is 42.6 Å². The number of nitrogens with zero attached hydrogens (tertiary/aromatic N) is 3. The molecule has 0 aliphatic carbocycles. The first-order valence-electron chi connectivity index (χ1n) is 9.87. The molecule has 2 aromatic heterocycles. The molecule has 1 saturated heterocycles. The lowest BCUT2D eigenvalue weighted by atomic mass is 9.96. The van der Waals surface area contributed by atoms with Crippen molar-refractivity contribution in [3.05, 3.63) is 77.4 Å². The highest BCUT2D eigenvalue weighted by Crippen LogP contribution is 2.42. The lowest BCUT2D eigenvalue weighted by Gasteiger charge is -2.31. The molecule has 1 aromatic carbocycles. The topological polar surface area (TPSA) is 53.3 Å². The molecule has 4 rings (SSSR count). The molecule has 29 heavy (non-hydrogen) atoms. The molecule has 5 nitrogen and oxygen atoms in total. The number of rotatable bonds is 4. The maximum Gasteiger partial charge on any atom is 0.170 e. The Kier molecular flexibility index (Phi) is 5.04. The van der Waals surface area contributed by atoms with Crippen molar-refractivity contribution in [2.75, 3.05) is 0 Å². The van der Waals surface area contributed by atoms with Gasteiger partial charge in [0.1, 0.15) is 5.75 Å². The fourth-order valence-corrected chi connectivity index (χ4v) is 4.82. The maximum absolute atomic E-state index is 10.4. The van der Waals surface area contributed by atoms with Gasteiger partial charge in [0.15, 0.2) is 5.11 Å². The molecule has 3 heterocycles. The molecule has 6 heteroatoms. The Morgan fingerprint density at radius 3 is 2.48 bits per heavy atom. The molecule has 0 spiro atoms. The second-order valence-corrected chi connectivity index (χ2v) is 8.16. The van der Waals surface area contributed by atoms with E-state index >= 15 is 0 Å². The van der Waals surface area contributed by atoms with Crippen molar-refractivity contribution in [1.29, 1.82) is 0 Å². The van der Waals surface area contributed by atoms with Crippen LogP contribution in [0.15, 0.2) is 54.7 Å². The number of aryl methyl sites for hydroxylation is 1. The molecular weight excluding hydrogens is 380 g/mol. The molecule has 150 valence electrons. The summed E-state index contributed by atoms with van der Waals surface area (Å²) in [4.78, 5) is 6.86. The van der Waals surface area contributed by atoms with Crippen molar-refractivity contribution in [2.24, 2.45) is 0 Å². The van der Waals surface area contributed by atoms with Crippen LogP contribution in [0.25, 0.3) is 5.69 Å². The van der Waals surface area contributed by atoms with Gasteiger partial charge in [-0.15, -0.1) is 0 Å². The molecule has 0 unspecified atom stereocenters. The fourth-order valence-electron chi connectivity index (χ4n) is 4.37. The Morgan fingerprint density at radius 2 is 1.83 bits per heavy atom. The Balaban J connectivity index is 1.88. The highest BCUT2D eigenvalue weighted by atomic mass is 32.1. The SMILES string of the molecule is Cc1cc([C@H]2[C@@H](c3ccccn3)NC(=S)N2C(C)C)c(C)n1-c1ccccc1O. The standard InChI is InChI=1S/C23H26N4OS/c1-14(2)26-22(21(25-23(26)29)18-9-7-8-12-24-18)17-13-15(3)27(16(17)4)19-10-5-6-11-20(19)28/h5-14,21-22,28H,1-4H3,(H,25,29)/t21-,22+/m1/s1. The minimum atomic E-state index is -0.0376. The van der Waals surface area contributed by atoms with Crippen LogP contribution in [0, 0.1) is 13.8 Å². The number of nitrogens with one attached hydrogen (secondary N) is 1. The smallest absolute Gasteiger partial charge is 0.170 e. The summed E-state index contributed by atoms with van der Waals surface area (Å²) in [5.41, 5.74) is 5.10. The largest absolute Gasteiger partial charge is 0.506 e. The third-order valence-electron chi connectivity index (χ3n) is 5.60. The summed E-state index contributed by atoms with van der Waals surface area (Å²) in [6, 6.07) is 15.8. The van der Waals surface area contributed by atoms with Gasteiger partial charge in [0.25, 0.3) is 0 Å². The first-order chi connectivity index (χ1) is 13.9. The quantitative estimate of drug-likeness (QED) is 0.622. The van der Waals surface area contributed by atoms with Gasteiger partial charge in [-0.1, -0.05) is 18.2 Å². The monoisotopic (exact) mass is 406 g/mol. The van der Waals surface area contributed by atoms with Gasteiger partial charge in [0.2, 0.25) is 0 Å². The molecule has 0 bridgehead atoms. The van der Waals surface area contributed by atoms with Gasteiger partial charge in [0, 0.05) is 23.6 Å². The first kappa shape index (κ1) is 19.5. The van der Waals surface area contributed by atoms with Crippen LogP contribution in [0.4, 0.5) is 0 Å². The van der Waals surface area contributed by atoms with Crippen molar-refractivity contribution < 1.29 is 5.11 Å². The fraction of sp³-hybridized carbons (Fsp3) is 0.304. The number of para-hydroxylation sites is 2. The van der Waals surface area contributed by atoms with Crippen molar-refractivity contribution >= 4 is 17.3 Å². The van der Waals surface area contributed by atoms with E-state index in [1.165, 1.54) is 5.56 Å². The van der Waals surface area contributed by atoms with Crippen LogP contribution in [0.3, 0.4) is 0 Å². The van der Waals surface area contributed by atoms with Gasteiger partial charge >= 0.3 is 0 Å². The number of phenolic OH excluding ortho intramolecular Hbond substituents is 1. The predicted octanol–water partition coefficient (Wildman–Crippen LogP) is 4.58. The average molecular weight is 407 g/mol. The van der Waals surface area contributed by atoms with Crippen molar-refractivity contribution in [1.82, 2.24) is 19.8 Å². The van der Waals surface area contributed by atoms with E-state index in [-0.39, 0.29) is 23.9 Å². The maximum atomic E-state index is 10.4. The van der Waals surface area contributed by atoms with Crippen LogP contribution in [0.2, 0.25) is 0 Å². The second kappa shape index (κ2) is 7.52. The number of aromatic hydroxyl groups is 1. The van der Waals surface area contributed by atoms with Crippen LogP contribution in [-0.2, 0) is 0 Å². The zero-order chi connectivity index (χ0) is 20.7. The van der Waals surface area contributed by atoms with Crippen molar-refractivity contribution in [2.45, 2.75) is 45.8 Å². The number of thiocarbonyl (C=S) groups is 1. The van der Waals surface area contributed by atoms with Gasteiger partial charge in [-0.3, -0.25) is 4.98 Å². The number of phenols is 1. The van der Waals surface area contributed by atoms with Crippen LogP contribution >= 0.6 is 12.2 Å². The summed E-state index contributed by atoms with van der Waals surface area (Å²) < 4.78 is 2.11. The van der Waals surface area contributed by atoms with Gasteiger partial charge in [0.05, 0.1) is 23.5 Å². The summed E-state index contributed by atoms with van der Waals surface area (Å²) in [5.74, 6) is 0.267. The highest BCUT2D eigenvalue weighted by Gasteiger charge is 2.42. The van der Waals surface area contributed by atoms with Crippen molar-refractivity contribution in [3.8, 4) is 11.4 Å². The van der Waals surface area contributed by atoms with E-state index < -0.39 is 0 Å². The second-order valence-electron chi connectivity index (χ2n) is 7.78. The number of aromatic nitrogens is 2. The summed E-state index contributed by atoms with van der Waals surface area (Å²) >= 11 is 5.71. The zero-order valence-corrected chi connectivity index (χ0v) is 17.9. The lowest BCUT2D eigenvalue weighted by molar-refractivity contribution is 0.269. The summed E-state index contributed by atoms with van der Waals surface area (Å²) in [6.07, 6.45) is 1.82. The molecule has 2 atom stereocenters. The third-order valence-corrected chi connectivity index (χ3v) is 5.93. The Morgan fingerprint density at radius 1 is 1.10 bits per heavy atom. The number of hydrogen-bond acceptors (Lipinski definition) is 3.